The van der Waals surface area contributed by atoms with Crippen molar-refractivity contribution in [2.75, 3.05) is 6.26 Å². The van der Waals surface area contributed by atoms with Gasteiger partial charge < -0.3 is 0 Å². The molecular weight excluding hydrogens is 230 g/mol. The Hall–Kier alpha value is -1.20. The second-order valence-electron chi connectivity index (χ2n) is 3.14. The Morgan fingerprint density at radius 1 is 1.33 bits per heavy atom. The molecule has 0 spiro atoms. The molecule has 0 aliphatic heterocycles. The number of benzene rings is 1. The van der Waals surface area contributed by atoms with Gasteiger partial charge in [-0.1, -0.05) is 12.1 Å². The third-order valence-corrected chi connectivity index (χ3v) is 3.87. The average molecular weight is 239 g/mol. The lowest BCUT2D eigenvalue weighted by Gasteiger charge is -2.00. The zero-order valence-corrected chi connectivity index (χ0v) is 9.68. The van der Waals surface area contributed by atoms with Gasteiger partial charge in [0.15, 0.2) is 9.84 Å². The minimum Gasteiger partial charge on any atom is -0.245 e. The van der Waals surface area contributed by atoms with Crippen molar-refractivity contribution >= 4 is 21.2 Å². The van der Waals surface area contributed by atoms with E-state index in [0.717, 1.165) is 10.6 Å². The lowest BCUT2D eigenvalue weighted by Crippen LogP contribution is -1.96. The molecule has 0 fully saturated rings. The molecule has 0 radical (unpaired) electrons. The van der Waals surface area contributed by atoms with Gasteiger partial charge in [-0.25, -0.2) is 13.4 Å². The maximum atomic E-state index is 11.3. The van der Waals surface area contributed by atoms with Crippen molar-refractivity contribution in [1.82, 2.24) is 4.98 Å². The van der Waals surface area contributed by atoms with Crippen LogP contribution in [0.1, 0.15) is 0 Å². The molecule has 1 aromatic carbocycles. The van der Waals surface area contributed by atoms with Crippen molar-refractivity contribution in [1.29, 1.82) is 0 Å². The Kier molecular flexibility index (Phi) is 2.58. The Balaban J connectivity index is 2.53. The minimum atomic E-state index is -3.14. The van der Waals surface area contributed by atoms with Crippen LogP contribution in [0.4, 0.5) is 0 Å². The number of sulfone groups is 1. The molecular formula is C10H9NO2S2. The van der Waals surface area contributed by atoms with Gasteiger partial charge in [-0.05, 0) is 12.1 Å². The van der Waals surface area contributed by atoms with E-state index >= 15 is 0 Å². The highest BCUT2D eigenvalue weighted by molar-refractivity contribution is 7.90. The predicted octanol–water partition coefficient (Wildman–Crippen LogP) is 2.21. The topological polar surface area (TPSA) is 47.0 Å². The summed E-state index contributed by atoms with van der Waals surface area (Å²) >= 11 is 1.49. The first-order valence-corrected chi connectivity index (χ1v) is 7.04. The number of rotatable bonds is 2. The van der Waals surface area contributed by atoms with Crippen LogP contribution < -0.4 is 0 Å². The molecule has 5 heteroatoms. The second-order valence-corrected chi connectivity index (χ2v) is 6.05. The summed E-state index contributed by atoms with van der Waals surface area (Å²) in [6.07, 6.45) is 2.90. The third kappa shape index (κ3) is 2.24. The maximum Gasteiger partial charge on any atom is 0.175 e. The number of thiazole rings is 1. The standard InChI is InChI=1S/C10H9NO2S2/c1-15(12,13)9-4-2-3-8(7-9)10-11-5-6-14-10/h2-7H,1H3. The average Bonchev–Trinajstić information content (AvgIpc) is 2.69. The van der Waals surface area contributed by atoms with E-state index in [-0.39, 0.29) is 0 Å². The second kappa shape index (κ2) is 3.75. The van der Waals surface area contributed by atoms with Crippen LogP contribution in [-0.2, 0) is 9.84 Å². The van der Waals surface area contributed by atoms with Crippen LogP contribution in [-0.4, -0.2) is 19.7 Å². The molecule has 3 nitrogen and oxygen atoms in total. The van der Waals surface area contributed by atoms with Gasteiger partial charge in [0.1, 0.15) is 5.01 Å². The van der Waals surface area contributed by atoms with Gasteiger partial charge in [0.25, 0.3) is 0 Å². The number of hydrogen-bond acceptors (Lipinski definition) is 4. The van der Waals surface area contributed by atoms with E-state index in [1.54, 1.807) is 24.4 Å². The van der Waals surface area contributed by atoms with E-state index in [1.165, 1.54) is 17.6 Å². The van der Waals surface area contributed by atoms with E-state index in [4.69, 9.17) is 0 Å². The highest BCUT2D eigenvalue weighted by Crippen LogP contribution is 2.23. The van der Waals surface area contributed by atoms with Crippen molar-refractivity contribution in [3.63, 3.8) is 0 Å². The van der Waals surface area contributed by atoms with Gasteiger partial charge >= 0.3 is 0 Å². The molecule has 0 unspecified atom stereocenters. The third-order valence-electron chi connectivity index (χ3n) is 1.94. The summed E-state index contributed by atoms with van der Waals surface area (Å²) < 4.78 is 22.7. The molecule has 1 aromatic heterocycles. The van der Waals surface area contributed by atoms with Gasteiger partial charge in [-0.15, -0.1) is 11.3 Å². The molecule has 2 rings (SSSR count). The van der Waals surface area contributed by atoms with Crippen LogP contribution >= 0.6 is 11.3 Å². The number of aromatic nitrogens is 1. The maximum absolute atomic E-state index is 11.3. The fourth-order valence-corrected chi connectivity index (χ4v) is 2.53. The summed E-state index contributed by atoms with van der Waals surface area (Å²) in [5, 5.41) is 2.70. The molecule has 2 aromatic rings. The van der Waals surface area contributed by atoms with Crippen molar-refractivity contribution in [3.05, 3.63) is 35.8 Å². The van der Waals surface area contributed by atoms with Gasteiger partial charge in [-0.2, -0.15) is 0 Å². The van der Waals surface area contributed by atoms with Crippen molar-refractivity contribution in [2.24, 2.45) is 0 Å². The van der Waals surface area contributed by atoms with Gasteiger partial charge in [0.2, 0.25) is 0 Å². The van der Waals surface area contributed by atoms with Crippen LogP contribution in [0.25, 0.3) is 10.6 Å². The van der Waals surface area contributed by atoms with Crippen molar-refractivity contribution in [2.45, 2.75) is 4.90 Å². The zero-order chi connectivity index (χ0) is 10.9. The molecule has 0 N–H and O–H groups in total. The first-order chi connectivity index (χ1) is 7.07. The predicted molar refractivity (Wildman–Crippen MR) is 60.7 cm³/mol. The Labute approximate surface area is 92.3 Å². The van der Waals surface area contributed by atoms with Crippen LogP contribution in [0.15, 0.2) is 40.7 Å². The first-order valence-electron chi connectivity index (χ1n) is 4.27. The van der Waals surface area contributed by atoms with E-state index in [9.17, 15) is 8.42 Å². The summed E-state index contributed by atoms with van der Waals surface area (Å²) in [4.78, 5) is 4.46. The number of hydrogen-bond donors (Lipinski definition) is 0. The molecule has 1 heterocycles. The van der Waals surface area contributed by atoms with Crippen LogP contribution in [0, 0.1) is 0 Å². The van der Waals surface area contributed by atoms with E-state index in [1.807, 2.05) is 11.4 Å². The normalized spacial score (nSPS) is 11.5. The number of nitrogens with zero attached hydrogens (tertiary/aromatic N) is 1. The minimum absolute atomic E-state index is 0.329. The molecule has 0 amide bonds. The molecule has 0 aliphatic rings. The van der Waals surface area contributed by atoms with Crippen LogP contribution in [0.2, 0.25) is 0 Å². The Morgan fingerprint density at radius 2 is 2.13 bits per heavy atom. The monoisotopic (exact) mass is 239 g/mol. The first kappa shape index (κ1) is 10.3. The van der Waals surface area contributed by atoms with Crippen LogP contribution in [0.3, 0.4) is 0 Å². The molecule has 78 valence electrons. The Morgan fingerprint density at radius 3 is 2.73 bits per heavy atom. The lowest BCUT2D eigenvalue weighted by molar-refractivity contribution is 0.602. The summed E-state index contributed by atoms with van der Waals surface area (Å²) in [6, 6.07) is 6.82. The fraction of sp³-hybridized carbons (Fsp3) is 0.100. The SMILES string of the molecule is CS(=O)(=O)c1cccc(-c2nccs2)c1. The molecule has 0 bridgehead atoms. The highest BCUT2D eigenvalue weighted by atomic mass is 32.2. The summed E-state index contributed by atoms with van der Waals surface area (Å²) in [6.45, 7) is 0. The fourth-order valence-electron chi connectivity index (χ4n) is 1.23. The summed E-state index contributed by atoms with van der Waals surface area (Å²) in [5.41, 5.74) is 0.841. The van der Waals surface area contributed by atoms with Gasteiger partial charge in [-0.3, -0.25) is 0 Å². The summed E-state index contributed by atoms with van der Waals surface area (Å²) in [7, 11) is -3.14. The zero-order valence-electron chi connectivity index (χ0n) is 8.04. The van der Waals surface area contributed by atoms with Gasteiger partial charge in [0, 0.05) is 23.4 Å². The van der Waals surface area contributed by atoms with E-state index in [0.29, 0.717) is 4.90 Å². The van der Waals surface area contributed by atoms with E-state index < -0.39 is 9.84 Å². The Bertz CT molecular complexity index is 559. The largest absolute Gasteiger partial charge is 0.245 e. The van der Waals surface area contributed by atoms with E-state index in [2.05, 4.69) is 4.98 Å². The summed E-state index contributed by atoms with van der Waals surface area (Å²) in [5.74, 6) is 0. The van der Waals surface area contributed by atoms with Crippen molar-refractivity contribution in [3.8, 4) is 10.6 Å². The molecule has 0 atom stereocenters. The molecule has 0 saturated carbocycles. The molecule has 15 heavy (non-hydrogen) atoms. The van der Waals surface area contributed by atoms with Gasteiger partial charge in [0.05, 0.1) is 4.90 Å². The quantitative estimate of drug-likeness (QED) is 0.807. The lowest BCUT2D eigenvalue weighted by atomic mass is 10.2. The van der Waals surface area contributed by atoms with Crippen molar-refractivity contribution < 1.29 is 8.42 Å². The smallest absolute Gasteiger partial charge is 0.175 e. The highest BCUT2D eigenvalue weighted by Gasteiger charge is 2.08. The van der Waals surface area contributed by atoms with Crippen LogP contribution in [0.5, 0.6) is 0 Å². The molecule has 0 saturated heterocycles. The molecule has 0 aliphatic carbocycles.